The highest BCUT2D eigenvalue weighted by Gasteiger charge is 2.21. The molecule has 7 heteroatoms. The van der Waals surface area contributed by atoms with Crippen molar-refractivity contribution in [1.29, 1.82) is 0 Å². The Morgan fingerprint density at radius 3 is 1.86 bits per heavy atom. The van der Waals surface area contributed by atoms with Gasteiger partial charge in [-0.2, -0.15) is 0 Å². The highest BCUT2D eigenvalue weighted by atomic mass is 32.2. The summed E-state index contributed by atoms with van der Waals surface area (Å²) in [6, 6.07) is 16.0. The fourth-order valence-electron chi connectivity index (χ4n) is 2.74. The Morgan fingerprint density at radius 1 is 0.643 bits per heavy atom. The highest BCUT2D eigenvalue weighted by molar-refractivity contribution is 8.35. The van der Waals surface area contributed by atoms with Gasteiger partial charge < -0.3 is 0 Å². The third-order valence-corrected chi connectivity index (χ3v) is 9.08. The fraction of sp³-hybridized carbons (Fsp3) is 0. The van der Waals surface area contributed by atoms with Gasteiger partial charge in [-0.3, -0.25) is 9.97 Å². The number of hydrogen-bond acceptors (Lipinski definition) is 7. The van der Waals surface area contributed by atoms with Crippen LogP contribution in [-0.4, -0.2) is 15.0 Å². The van der Waals surface area contributed by atoms with Crippen LogP contribution in [0.5, 0.6) is 0 Å². The first kappa shape index (κ1) is 18.1. The van der Waals surface area contributed by atoms with Gasteiger partial charge in [0, 0.05) is 17.3 Å². The summed E-state index contributed by atoms with van der Waals surface area (Å²) in [4.78, 5) is 15.1. The molecular weight excluding hydrogens is 423 g/mol. The van der Waals surface area contributed by atoms with Gasteiger partial charge in [-0.25, -0.2) is 4.98 Å². The van der Waals surface area contributed by atoms with Crippen LogP contribution >= 0.6 is 47.0 Å². The Balaban J connectivity index is 1.57. The minimum atomic E-state index is 0.859. The molecule has 0 N–H and O–H groups in total. The van der Waals surface area contributed by atoms with Crippen molar-refractivity contribution in [3.63, 3.8) is 0 Å². The zero-order valence-corrected chi connectivity index (χ0v) is 17.7. The molecule has 136 valence electrons. The van der Waals surface area contributed by atoms with Crippen molar-refractivity contribution in [2.45, 2.75) is 0 Å². The maximum Gasteiger partial charge on any atom is 0.0900 e. The minimum Gasteiger partial charge on any atom is -0.255 e. The lowest BCUT2D eigenvalue weighted by atomic mass is 10.1. The maximum absolute atomic E-state index is 4.84. The van der Waals surface area contributed by atoms with Crippen LogP contribution in [0.2, 0.25) is 0 Å². The SMILES string of the molecule is C1=CSC(=C2SC=C(c3cc(-c4ccccn4)nc(-c4ccccn4)c3)S2)S1. The van der Waals surface area contributed by atoms with E-state index >= 15 is 0 Å². The summed E-state index contributed by atoms with van der Waals surface area (Å²) >= 11 is 7.20. The molecule has 0 radical (unpaired) electrons. The molecule has 3 aromatic heterocycles. The van der Waals surface area contributed by atoms with Gasteiger partial charge >= 0.3 is 0 Å². The van der Waals surface area contributed by atoms with Crippen molar-refractivity contribution in [2.24, 2.45) is 0 Å². The predicted molar refractivity (Wildman–Crippen MR) is 125 cm³/mol. The van der Waals surface area contributed by atoms with Crippen LogP contribution in [0.4, 0.5) is 0 Å². The molecule has 0 saturated heterocycles. The van der Waals surface area contributed by atoms with E-state index in [2.05, 4.69) is 38.3 Å². The first-order chi connectivity index (χ1) is 13.9. The fourth-order valence-corrected chi connectivity index (χ4v) is 7.20. The van der Waals surface area contributed by atoms with Crippen LogP contribution in [0.25, 0.3) is 27.7 Å². The molecule has 0 amide bonds. The number of rotatable bonds is 3. The van der Waals surface area contributed by atoms with E-state index < -0.39 is 0 Å². The van der Waals surface area contributed by atoms with E-state index in [1.54, 1.807) is 47.7 Å². The summed E-state index contributed by atoms with van der Waals surface area (Å²) in [7, 11) is 0. The van der Waals surface area contributed by atoms with E-state index in [1.165, 1.54) is 13.4 Å². The number of hydrogen-bond donors (Lipinski definition) is 0. The summed E-state index contributed by atoms with van der Waals surface area (Å²) in [6.45, 7) is 0. The number of aromatic nitrogens is 3. The number of nitrogens with zero attached hydrogens (tertiary/aromatic N) is 3. The van der Waals surface area contributed by atoms with Crippen LogP contribution in [0, 0.1) is 0 Å². The molecule has 5 rings (SSSR count). The van der Waals surface area contributed by atoms with Crippen LogP contribution in [0.15, 0.2) is 85.6 Å². The van der Waals surface area contributed by atoms with Crippen LogP contribution in [-0.2, 0) is 0 Å². The van der Waals surface area contributed by atoms with Gasteiger partial charge in [0.2, 0.25) is 0 Å². The molecule has 0 unspecified atom stereocenters. The Labute approximate surface area is 180 Å². The number of thioether (sulfide) groups is 4. The van der Waals surface area contributed by atoms with Crippen molar-refractivity contribution < 1.29 is 0 Å². The van der Waals surface area contributed by atoms with Crippen LogP contribution < -0.4 is 0 Å². The Morgan fingerprint density at radius 2 is 1.29 bits per heavy atom. The molecule has 28 heavy (non-hydrogen) atoms. The standard InChI is InChI=1S/C21H13N3S4/c1-3-7-22-15(5-1)17-11-14(12-18(24-17)16-6-2-4-8-23-16)19-13-27-21(28-19)20-25-9-10-26-20/h1-13H. The monoisotopic (exact) mass is 435 g/mol. The Hall–Kier alpha value is -1.93. The molecule has 0 aromatic carbocycles. The van der Waals surface area contributed by atoms with Crippen molar-refractivity contribution >= 4 is 52.0 Å². The average molecular weight is 436 g/mol. The first-order valence-corrected chi connectivity index (χ1v) is 11.9. The van der Waals surface area contributed by atoms with E-state index in [9.17, 15) is 0 Å². The lowest BCUT2D eigenvalue weighted by Crippen LogP contribution is -1.94. The second-order valence-electron chi connectivity index (χ2n) is 5.84. The molecule has 0 atom stereocenters. The van der Waals surface area contributed by atoms with E-state index in [4.69, 9.17) is 4.98 Å². The van der Waals surface area contributed by atoms with E-state index in [0.29, 0.717) is 0 Å². The topological polar surface area (TPSA) is 38.7 Å². The van der Waals surface area contributed by atoms with Crippen LogP contribution in [0.1, 0.15) is 5.56 Å². The van der Waals surface area contributed by atoms with Gasteiger partial charge in [-0.15, -0.1) is 0 Å². The lowest BCUT2D eigenvalue weighted by molar-refractivity contribution is 1.21. The quantitative estimate of drug-likeness (QED) is 0.436. The third-order valence-electron chi connectivity index (χ3n) is 4.01. The second-order valence-corrected chi connectivity index (χ2v) is 10.1. The normalized spacial score (nSPS) is 15.9. The molecule has 5 heterocycles. The largest absolute Gasteiger partial charge is 0.255 e. The summed E-state index contributed by atoms with van der Waals surface area (Å²) < 4.78 is 2.69. The summed E-state index contributed by atoms with van der Waals surface area (Å²) in [6.07, 6.45) is 3.60. The summed E-state index contributed by atoms with van der Waals surface area (Å²) in [5.41, 5.74) is 4.59. The van der Waals surface area contributed by atoms with Crippen molar-refractivity contribution in [3.05, 3.63) is 91.2 Å². The van der Waals surface area contributed by atoms with Crippen LogP contribution in [0.3, 0.4) is 0 Å². The zero-order valence-electron chi connectivity index (χ0n) is 14.5. The number of pyridine rings is 3. The second kappa shape index (κ2) is 8.21. The van der Waals surface area contributed by atoms with Gasteiger partial charge in [-0.1, -0.05) is 59.2 Å². The molecule has 0 spiro atoms. The van der Waals surface area contributed by atoms with E-state index in [-0.39, 0.29) is 0 Å². The Bertz CT molecular complexity index is 1040. The van der Waals surface area contributed by atoms with Crippen molar-refractivity contribution in [1.82, 2.24) is 15.0 Å². The highest BCUT2D eigenvalue weighted by Crippen LogP contribution is 2.55. The first-order valence-electron chi connectivity index (χ1n) is 8.49. The molecule has 2 aliphatic rings. The van der Waals surface area contributed by atoms with Gasteiger partial charge in [0.15, 0.2) is 0 Å². The average Bonchev–Trinajstić information content (AvgIpc) is 3.47. The van der Waals surface area contributed by atoms with E-state index in [1.807, 2.05) is 48.2 Å². The summed E-state index contributed by atoms with van der Waals surface area (Å²) in [5, 5.41) is 6.50. The Kier molecular flexibility index (Phi) is 5.31. The van der Waals surface area contributed by atoms with Gasteiger partial charge in [0.05, 0.1) is 31.3 Å². The zero-order chi connectivity index (χ0) is 18.8. The van der Waals surface area contributed by atoms with Crippen molar-refractivity contribution in [2.75, 3.05) is 0 Å². The molecule has 2 aliphatic heterocycles. The molecule has 0 bridgehead atoms. The van der Waals surface area contributed by atoms with Gasteiger partial charge in [0.25, 0.3) is 0 Å². The van der Waals surface area contributed by atoms with Gasteiger partial charge in [0.1, 0.15) is 0 Å². The van der Waals surface area contributed by atoms with Crippen molar-refractivity contribution in [3.8, 4) is 22.8 Å². The predicted octanol–water partition coefficient (Wildman–Crippen LogP) is 7.06. The molecule has 3 nitrogen and oxygen atoms in total. The molecule has 0 fully saturated rings. The summed E-state index contributed by atoms with van der Waals surface area (Å²) in [5.74, 6) is 0. The molecule has 0 saturated carbocycles. The molecule has 0 aliphatic carbocycles. The molecular formula is C21H13N3S4. The van der Waals surface area contributed by atoms with Gasteiger partial charge in [-0.05, 0) is 58.2 Å². The smallest absolute Gasteiger partial charge is 0.0900 e. The molecule has 3 aromatic rings. The lowest BCUT2D eigenvalue weighted by Gasteiger charge is -2.09. The third kappa shape index (κ3) is 3.80. The van der Waals surface area contributed by atoms with E-state index in [0.717, 1.165) is 28.3 Å². The minimum absolute atomic E-state index is 0.859. The maximum atomic E-state index is 4.84.